The molecule has 0 unspecified atom stereocenters. The molecule has 4 rings (SSSR count). The minimum absolute atomic E-state index is 0.165. The Bertz CT molecular complexity index is 1250. The Morgan fingerprint density at radius 1 is 1.21 bits per heavy atom. The number of hydrogen-bond acceptors (Lipinski definition) is 8. The number of hydrogen-bond donors (Lipinski definition) is 3. The third-order valence-corrected chi connectivity index (χ3v) is 5.42. The van der Waals surface area contributed by atoms with Crippen LogP contribution in [-0.2, 0) is 11.2 Å². The Labute approximate surface area is 195 Å². The van der Waals surface area contributed by atoms with Crippen LogP contribution in [0, 0.1) is 0 Å². The van der Waals surface area contributed by atoms with Crippen LogP contribution < -0.4 is 16.6 Å². The van der Waals surface area contributed by atoms with Gasteiger partial charge in [0.05, 0.1) is 10.9 Å². The minimum atomic E-state index is -0.253. The first-order valence-electron chi connectivity index (χ1n) is 10.5. The van der Waals surface area contributed by atoms with E-state index in [0.717, 1.165) is 18.8 Å². The van der Waals surface area contributed by atoms with Crippen molar-refractivity contribution in [2.45, 2.75) is 20.3 Å². The summed E-state index contributed by atoms with van der Waals surface area (Å²) in [5.74, 6) is 0.414. The van der Waals surface area contributed by atoms with E-state index in [2.05, 4.69) is 25.3 Å². The quantitative estimate of drug-likeness (QED) is 0.381. The molecule has 4 aromatic heterocycles. The van der Waals surface area contributed by atoms with Gasteiger partial charge in [0.15, 0.2) is 5.82 Å². The molecule has 4 heterocycles. The summed E-state index contributed by atoms with van der Waals surface area (Å²) in [6.45, 7) is 6.06. The maximum atomic E-state index is 12.6. The Morgan fingerprint density at radius 3 is 2.70 bits per heavy atom. The van der Waals surface area contributed by atoms with E-state index in [1.165, 1.54) is 17.4 Å². The molecular formula is C23H26N6O3S. The highest BCUT2D eigenvalue weighted by molar-refractivity contribution is 7.17. The van der Waals surface area contributed by atoms with Crippen LogP contribution in [0.3, 0.4) is 0 Å². The van der Waals surface area contributed by atoms with Crippen molar-refractivity contribution in [2.24, 2.45) is 0 Å². The summed E-state index contributed by atoms with van der Waals surface area (Å²) in [5, 5.41) is 5.11. The van der Waals surface area contributed by atoms with E-state index in [0.29, 0.717) is 40.3 Å². The molecule has 0 bridgehead atoms. The highest BCUT2D eigenvalue weighted by Gasteiger charge is 2.18. The molecule has 0 spiro atoms. The molecule has 0 aromatic carbocycles. The van der Waals surface area contributed by atoms with Gasteiger partial charge in [0.1, 0.15) is 16.3 Å². The van der Waals surface area contributed by atoms with Gasteiger partial charge in [-0.3, -0.25) is 14.6 Å². The lowest BCUT2D eigenvalue weighted by Crippen LogP contribution is -2.26. The van der Waals surface area contributed by atoms with Gasteiger partial charge in [-0.15, -0.1) is 11.3 Å². The number of ether oxygens (including phenoxy) is 1. The molecular weight excluding hydrogens is 440 g/mol. The zero-order chi connectivity index (χ0) is 23.6. The maximum Gasteiger partial charge on any atom is 0.252 e. The largest absolute Gasteiger partial charge is 0.383 e. The SMILES string of the molecule is CCOCC.Nc1nc(-c2ccccn2)nc2scc(C(=O)NCCc3cc[nH]c(=O)c3)c12. The summed E-state index contributed by atoms with van der Waals surface area (Å²) in [6, 6.07) is 8.77. The standard InChI is InChI=1S/C19H16N6O2S.C4H10O/c20-16-15-12(18(27)23-8-5-11-4-7-22-14(26)9-11)10-28-19(15)25-17(24-16)13-3-1-2-6-21-13;1-3-5-4-2/h1-4,6-7,9-10H,5,8H2,(H,22,26)(H,23,27)(H2,20,24,25);3-4H2,1-2H3. The fourth-order valence-corrected chi connectivity index (χ4v) is 3.94. The number of fused-ring (bicyclic) bond motifs is 1. The molecule has 0 radical (unpaired) electrons. The maximum absolute atomic E-state index is 12.6. The Morgan fingerprint density at radius 2 is 2.03 bits per heavy atom. The number of nitrogens with zero attached hydrogens (tertiary/aromatic N) is 3. The third-order valence-electron chi connectivity index (χ3n) is 4.55. The van der Waals surface area contributed by atoms with Gasteiger partial charge in [0.2, 0.25) is 5.56 Å². The van der Waals surface area contributed by atoms with Gasteiger partial charge >= 0.3 is 0 Å². The molecule has 10 heteroatoms. The summed E-state index contributed by atoms with van der Waals surface area (Å²) in [4.78, 5) is 40.1. The van der Waals surface area contributed by atoms with Crippen molar-refractivity contribution in [1.29, 1.82) is 0 Å². The van der Waals surface area contributed by atoms with Crippen molar-refractivity contribution >= 4 is 33.3 Å². The minimum Gasteiger partial charge on any atom is -0.383 e. The molecule has 0 aliphatic heterocycles. The van der Waals surface area contributed by atoms with Crippen molar-refractivity contribution in [2.75, 3.05) is 25.5 Å². The van der Waals surface area contributed by atoms with Crippen molar-refractivity contribution < 1.29 is 9.53 Å². The van der Waals surface area contributed by atoms with Gasteiger partial charge in [-0.2, -0.15) is 0 Å². The average molecular weight is 467 g/mol. The van der Waals surface area contributed by atoms with Crippen LogP contribution in [-0.4, -0.2) is 45.6 Å². The van der Waals surface area contributed by atoms with Crippen LogP contribution in [0.4, 0.5) is 5.82 Å². The Hall–Kier alpha value is -3.63. The lowest BCUT2D eigenvalue weighted by atomic mass is 10.2. The monoisotopic (exact) mass is 466 g/mol. The van der Waals surface area contributed by atoms with E-state index in [1.54, 1.807) is 29.9 Å². The molecule has 33 heavy (non-hydrogen) atoms. The van der Waals surface area contributed by atoms with Gasteiger partial charge in [0.25, 0.3) is 5.91 Å². The van der Waals surface area contributed by atoms with Crippen LogP contribution in [0.2, 0.25) is 0 Å². The second kappa shape index (κ2) is 11.8. The number of nitrogens with one attached hydrogen (secondary N) is 2. The van der Waals surface area contributed by atoms with Crippen molar-refractivity contribution in [1.82, 2.24) is 25.3 Å². The fraction of sp³-hybridized carbons (Fsp3) is 0.261. The first kappa shape index (κ1) is 24.0. The smallest absolute Gasteiger partial charge is 0.252 e. The van der Waals surface area contributed by atoms with Crippen molar-refractivity contribution in [3.63, 3.8) is 0 Å². The molecule has 4 aromatic rings. The number of nitrogens with two attached hydrogens (primary N) is 1. The fourth-order valence-electron chi connectivity index (χ4n) is 3.01. The molecule has 4 N–H and O–H groups in total. The summed E-state index contributed by atoms with van der Waals surface area (Å²) in [5.41, 5.74) is 7.87. The summed E-state index contributed by atoms with van der Waals surface area (Å²) >= 11 is 1.33. The molecule has 0 aliphatic carbocycles. The second-order valence-electron chi connectivity index (χ2n) is 6.83. The highest BCUT2D eigenvalue weighted by Crippen LogP contribution is 2.30. The van der Waals surface area contributed by atoms with Gasteiger partial charge < -0.3 is 20.8 Å². The van der Waals surface area contributed by atoms with E-state index >= 15 is 0 Å². The predicted octanol–water partition coefficient (Wildman–Crippen LogP) is 3.04. The number of rotatable bonds is 7. The summed E-state index contributed by atoms with van der Waals surface area (Å²) in [7, 11) is 0. The highest BCUT2D eigenvalue weighted by atomic mass is 32.1. The zero-order valence-electron chi connectivity index (χ0n) is 18.5. The molecule has 172 valence electrons. The number of nitrogen functional groups attached to an aromatic ring is 1. The number of thiophene rings is 1. The average Bonchev–Trinajstić information content (AvgIpc) is 3.25. The van der Waals surface area contributed by atoms with Crippen molar-refractivity contribution in [3.8, 4) is 11.5 Å². The number of carbonyl (C=O) groups excluding carboxylic acids is 1. The Balaban J connectivity index is 0.000000555. The van der Waals surface area contributed by atoms with Crippen LogP contribution in [0.25, 0.3) is 21.7 Å². The van der Waals surface area contributed by atoms with E-state index in [9.17, 15) is 9.59 Å². The third kappa shape index (κ3) is 6.43. The lowest BCUT2D eigenvalue weighted by Gasteiger charge is -2.06. The molecule has 1 amide bonds. The molecule has 0 saturated carbocycles. The molecule has 0 fully saturated rings. The number of pyridine rings is 2. The number of amides is 1. The number of aromatic nitrogens is 4. The van der Waals surface area contributed by atoms with E-state index in [4.69, 9.17) is 10.5 Å². The molecule has 9 nitrogen and oxygen atoms in total. The van der Waals surface area contributed by atoms with Crippen LogP contribution in [0.1, 0.15) is 29.8 Å². The first-order valence-corrected chi connectivity index (χ1v) is 11.4. The van der Waals surface area contributed by atoms with E-state index in [1.807, 2.05) is 26.0 Å². The number of carbonyl (C=O) groups is 1. The summed E-state index contributed by atoms with van der Waals surface area (Å²) in [6.07, 6.45) is 3.80. The van der Waals surface area contributed by atoms with E-state index in [-0.39, 0.29) is 17.3 Å². The first-order chi connectivity index (χ1) is 16.0. The van der Waals surface area contributed by atoms with Crippen LogP contribution >= 0.6 is 11.3 Å². The van der Waals surface area contributed by atoms with E-state index < -0.39 is 0 Å². The van der Waals surface area contributed by atoms with Gasteiger partial charge in [-0.1, -0.05) is 6.07 Å². The predicted molar refractivity (Wildman–Crippen MR) is 130 cm³/mol. The normalized spacial score (nSPS) is 10.5. The van der Waals surface area contributed by atoms with Crippen LogP contribution in [0.5, 0.6) is 0 Å². The zero-order valence-corrected chi connectivity index (χ0v) is 19.3. The second-order valence-corrected chi connectivity index (χ2v) is 7.68. The number of anilines is 1. The molecule has 0 aliphatic rings. The lowest BCUT2D eigenvalue weighted by molar-refractivity contribution is 0.0956. The van der Waals surface area contributed by atoms with Crippen molar-refractivity contribution in [3.05, 3.63) is 69.6 Å². The van der Waals surface area contributed by atoms with Gasteiger partial charge in [-0.25, -0.2) is 9.97 Å². The van der Waals surface area contributed by atoms with Gasteiger partial charge in [0, 0.05) is 43.6 Å². The molecule has 0 saturated heterocycles. The number of H-pyrrole nitrogens is 1. The Kier molecular flexibility index (Phi) is 8.62. The topological polar surface area (TPSA) is 136 Å². The molecule has 0 atom stereocenters. The summed E-state index contributed by atoms with van der Waals surface area (Å²) < 4.78 is 4.83. The van der Waals surface area contributed by atoms with Crippen LogP contribution in [0.15, 0.2) is 52.9 Å². The van der Waals surface area contributed by atoms with Gasteiger partial charge in [-0.05, 0) is 44.0 Å². The number of aromatic amines is 1.